The van der Waals surface area contributed by atoms with Gasteiger partial charge in [0, 0.05) is 6.08 Å². The molecule has 0 heterocycles. The highest BCUT2D eigenvalue weighted by molar-refractivity contribution is 5.86. The summed E-state index contributed by atoms with van der Waals surface area (Å²) in [4.78, 5) is 10.4. The molecule has 0 rings (SSSR count). The highest BCUT2D eigenvalue weighted by Crippen LogP contribution is 1.91. The lowest BCUT2D eigenvalue weighted by Crippen LogP contribution is -2.28. The molecule has 0 aromatic heterocycles. The Morgan fingerprint density at radius 2 is 2.22 bits per heavy atom. The van der Waals surface area contributed by atoms with Gasteiger partial charge in [-0.2, -0.15) is 0 Å². The Bertz CT molecular complexity index is 118. The highest BCUT2D eigenvalue weighted by atomic mass is 16.2. The van der Waals surface area contributed by atoms with Gasteiger partial charge in [0.1, 0.15) is 0 Å². The zero-order valence-corrected chi connectivity index (χ0v) is 5.72. The van der Waals surface area contributed by atoms with Crippen molar-refractivity contribution in [1.29, 1.82) is 0 Å². The monoisotopic (exact) mass is 128 g/mol. The van der Waals surface area contributed by atoms with Crippen molar-refractivity contribution in [3.05, 3.63) is 12.2 Å². The van der Waals surface area contributed by atoms with Crippen LogP contribution in [0.25, 0.3) is 0 Å². The van der Waals surface area contributed by atoms with Crippen LogP contribution in [0.15, 0.2) is 12.2 Å². The Kier molecular flexibility index (Phi) is 3.71. The van der Waals surface area contributed by atoms with Gasteiger partial charge in [0.2, 0.25) is 0 Å². The average Bonchev–Trinajstić information content (AvgIpc) is 1.83. The highest BCUT2D eigenvalue weighted by Gasteiger charge is 1.88. The maximum atomic E-state index is 10.4. The Labute approximate surface area is 54.9 Å². The first-order valence-electron chi connectivity index (χ1n) is 2.85. The maximum Gasteiger partial charge on any atom is 0.257 e. The average molecular weight is 128 g/mol. The van der Waals surface area contributed by atoms with Crippen LogP contribution in [-0.2, 0) is 4.79 Å². The molecule has 0 aromatic carbocycles. The van der Waals surface area contributed by atoms with Crippen molar-refractivity contribution in [2.75, 3.05) is 0 Å². The number of amides is 1. The van der Waals surface area contributed by atoms with Crippen molar-refractivity contribution in [2.45, 2.75) is 13.8 Å². The van der Waals surface area contributed by atoms with E-state index in [1.54, 1.807) is 6.08 Å². The molecule has 0 aromatic rings. The standard InChI is InChI=1S/C6H12N2O/c1-5(2)3-4-6(9)8-7/h3-5H,7H2,1-2H3,(H,8,9)/b4-3+. The van der Waals surface area contributed by atoms with E-state index >= 15 is 0 Å². The molecule has 0 saturated carbocycles. The summed E-state index contributed by atoms with van der Waals surface area (Å²) in [6, 6.07) is 0. The van der Waals surface area contributed by atoms with E-state index in [1.165, 1.54) is 6.08 Å². The van der Waals surface area contributed by atoms with Crippen LogP contribution in [0.5, 0.6) is 0 Å². The molecule has 1 amide bonds. The molecule has 0 aliphatic carbocycles. The van der Waals surface area contributed by atoms with Crippen LogP contribution in [0.2, 0.25) is 0 Å². The molecule has 0 saturated heterocycles. The number of hydrogen-bond donors (Lipinski definition) is 2. The second-order valence-corrected chi connectivity index (χ2v) is 2.11. The summed E-state index contributed by atoms with van der Waals surface area (Å²) in [5.41, 5.74) is 1.99. The van der Waals surface area contributed by atoms with Gasteiger partial charge in [0.15, 0.2) is 0 Å². The number of carbonyl (C=O) groups excluding carboxylic acids is 1. The second kappa shape index (κ2) is 4.09. The van der Waals surface area contributed by atoms with E-state index in [1.807, 2.05) is 19.3 Å². The summed E-state index contributed by atoms with van der Waals surface area (Å²) in [6.45, 7) is 3.97. The van der Waals surface area contributed by atoms with Crippen LogP contribution in [-0.4, -0.2) is 5.91 Å². The molecule has 3 nitrogen and oxygen atoms in total. The van der Waals surface area contributed by atoms with E-state index in [0.29, 0.717) is 5.92 Å². The predicted octanol–water partition coefficient (Wildman–Crippen LogP) is 0.189. The molecule has 3 heteroatoms. The number of nitrogens with two attached hydrogens (primary N) is 1. The zero-order valence-electron chi connectivity index (χ0n) is 5.72. The van der Waals surface area contributed by atoms with Crippen molar-refractivity contribution in [1.82, 2.24) is 5.43 Å². The fourth-order valence-electron chi connectivity index (χ4n) is 0.328. The Morgan fingerprint density at radius 3 is 2.56 bits per heavy atom. The number of hydrogen-bond acceptors (Lipinski definition) is 2. The largest absolute Gasteiger partial charge is 0.291 e. The first kappa shape index (κ1) is 8.17. The first-order valence-corrected chi connectivity index (χ1v) is 2.85. The minimum absolute atomic E-state index is 0.260. The third-order valence-electron chi connectivity index (χ3n) is 0.775. The summed E-state index contributed by atoms with van der Waals surface area (Å²) in [7, 11) is 0. The molecular formula is C6H12N2O. The van der Waals surface area contributed by atoms with Crippen molar-refractivity contribution < 1.29 is 4.79 Å². The van der Waals surface area contributed by atoms with Crippen molar-refractivity contribution in [2.24, 2.45) is 11.8 Å². The van der Waals surface area contributed by atoms with Crippen LogP contribution in [0.1, 0.15) is 13.8 Å². The molecule has 0 aliphatic rings. The normalized spacial score (nSPS) is 10.7. The summed E-state index contributed by atoms with van der Waals surface area (Å²) in [5.74, 6) is 4.94. The molecule has 52 valence electrons. The van der Waals surface area contributed by atoms with Gasteiger partial charge in [0.25, 0.3) is 5.91 Å². The smallest absolute Gasteiger partial charge is 0.257 e. The summed E-state index contributed by atoms with van der Waals surface area (Å²) >= 11 is 0. The third-order valence-corrected chi connectivity index (χ3v) is 0.775. The Balaban J connectivity index is 3.57. The van der Waals surface area contributed by atoms with E-state index < -0.39 is 0 Å². The number of allylic oxidation sites excluding steroid dienone is 1. The van der Waals surface area contributed by atoms with Gasteiger partial charge >= 0.3 is 0 Å². The zero-order chi connectivity index (χ0) is 7.28. The summed E-state index contributed by atoms with van der Waals surface area (Å²) in [5, 5.41) is 0. The fraction of sp³-hybridized carbons (Fsp3) is 0.500. The first-order chi connectivity index (χ1) is 4.16. The lowest BCUT2D eigenvalue weighted by Gasteiger charge is -1.92. The van der Waals surface area contributed by atoms with Gasteiger partial charge in [-0.25, -0.2) is 5.84 Å². The lowest BCUT2D eigenvalue weighted by molar-refractivity contribution is -0.116. The van der Waals surface area contributed by atoms with Crippen molar-refractivity contribution >= 4 is 5.91 Å². The van der Waals surface area contributed by atoms with Gasteiger partial charge in [-0.3, -0.25) is 10.2 Å². The molecule has 0 radical (unpaired) electrons. The quantitative estimate of drug-likeness (QED) is 0.241. The SMILES string of the molecule is CC(C)/C=C/C(=O)NN. The summed E-state index contributed by atoms with van der Waals surface area (Å²) < 4.78 is 0. The molecule has 0 bridgehead atoms. The molecular weight excluding hydrogens is 116 g/mol. The van der Waals surface area contributed by atoms with Gasteiger partial charge in [-0.15, -0.1) is 0 Å². The minimum Gasteiger partial charge on any atom is -0.291 e. The molecule has 0 unspecified atom stereocenters. The van der Waals surface area contributed by atoms with Crippen LogP contribution in [0.3, 0.4) is 0 Å². The van der Waals surface area contributed by atoms with Crippen molar-refractivity contribution in [3.63, 3.8) is 0 Å². The second-order valence-electron chi connectivity index (χ2n) is 2.11. The van der Waals surface area contributed by atoms with Crippen LogP contribution in [0, 0.1) is 5.92 Å². The molecule has 0 aliphatic heterocycles. The fourth-order valence-corrected chi connectivity index (χ4v) is 0.328. The number of rotatable bonds is 2. The number of carbonyl (C=O) groups is 1. The topological polar surface area (TPSA) is 55.1 Å². The maximum absolute atomic E-state index is 10.4. The predicted molar refractivity (Wildman–Crippen MR) is 36.3 cm³/mol. The van der Waals surface area contributed by atoms with E-state index in [2.05, 4.69) is 0 Å². The number of nitrogens with one attached hydrogen (secondary N) is 1. The molecule has 0 fully saturated rings. The third kappa shape index (κ3) is 5.03. The molecule has 0 spiro atoms. The molecule has 9 heavy (non-hydrogen) atoms. The van der Waals surface area contributed by atoms with E-state index in [-0.39, 0.29) is 5.91 Å². The lowest BCUT2D eigenvalue weighted by atomic mass is 10.2. The van der Waals surface area contributed by atoms with Gasteiger partial charge in [-0.05, 0) is 5.92 Å². The van der Waals surface area contributed by atoms with E-state index in [0.717, 1.165) is 0 Å². The van der Waals surface area contributed by atoms with E-state index in [4.69, 9.17) is 5.84 Å². The van der Waals surface area contributed by atoms with Crippen LogP contribution in [0.4, 0.5) is 0 Å². The number of hydrazine groups is 1. The Morgan fingerprint density at radius 1 is 1.67 bits per heavy atom. The van der Waals surface area contributed by atoms with Crippen LogP contribution < -0.4 is 11.3 Å². The minimum atomic E-state index is -0.260. The van der Waals surface area contributed by atoms with Gasteiger partial charge in [0.05, 0.1) is 0 Å². The van der Waals surface area contributed by atoms with E-state index in [9.17, 15) is 4.79 Å². The molecule has 0 atom stereocenters. The molecule has 3 N–H and O–H groups in total. The summed E-state index contributed by atoms with van der Waals surface area (Å²) in [6.07, 6.45) is 3.20. The van der Waals surface area contributed by atoms with Crippen molar-refractivity contribution in [3.8, 4) is 0 Å². The van der Waals surface area contributed by atoms with Crippen LogP contribution >= 0.6 is 0 Å². The Hall–Kier alpha value is -0.830. The van der Waals surface area contributed by atoms with Gasteiger partial charge in [-0.1, -0.05) is 19.9 Å². The van der Waals surface area contributed by atoms with Gasteiger partial charge < -0.3 is 0 Å².